The molecule has 182 valence electrons. The van der Waals surface area contributed by atoms with E-state index in [1.165, 1.54) is 36.4 Å². The molecule has 0 unspecified atom stereocenters. The summed E-state index contributed by atoms with van der Waals surface area (Å²) in [6, 6.07) is 11.2. The minimum atomic E-state index is -4.77. The number of rotatable bonds is 6. The van der Waals surface area contributed by atoms with Crippen molar-refractivity contribution in [2.24, 2.45) is 0 Å². The van der Waals surface area contributed by atoms with Crippen LogP contribution < -0.4 is 10.1 Å². The number of alkyl halides is 3. The molecule has 0 aliphatic rings. The summed E-state index contributed by atoms with van der Waals surface area (Å²) in [5.74, 6) is -3.82. The molecule has 11 heteroatoms. The highest BCUT2D eigenvalue weighted by Crippen LogP contribution is 2.33. The van der Waals surface area contributed by atoms with E-state index in [0.29, 0.717) is 18.2 Å². The molecule has 3 aromatic rings. The standard InChI is InChI=1S/C24H17F4NO6/c1-33-22(31)15-9-8-14(12-16(15)23(32)34-2)35-20-6-4-3-5-19(20)29-21(30)17-11-13(24(26,27)28)7-10-18(17)25/h3-12H,1-2H3,(H,29,30). The first-order valence-corrected chi connectivity index (χ1v) is 9.80. The molecule has 0 saturated carbocycles. The van der Waals surface area contributed by atoms with Gasteiger partial charge in [-0.3, -0.25) is 4.79 Å². The first-order chi connectivity index (χ1) is 16.5. The molecule has 3 aromatic carbocycles. The summed E-state index contributed by atoms with van der Waals surface area (Å²) in [7, 11) is 2.26. The van der Waals surface area contributed by atoms with Gasteiger partial charge < -0.3 is 19.5 Å². The lowest BCUT2D eigenvalue weighted by Gasteiger charge is -2.14. The maximum absolute atomic E-state index is 14.1. The van der Waals surface area contributed by atoms with Crippen molar-refractivity contribution in [3.8, 4) is 11.5 Å². The zero-order valence-corrected chi connectivity index (χ0v) is 18.2. The van der Waals surface area contributed by atoms with Crippen molar-refractivity contribution in [2.45, 2.75) is 6.18 Å². The summed E-state index contributed by atoms with van der Waals surface area (Å²) >= 11 is 0. The zero-order chi connectivity index (χ0) is 25.8. The van der Waals surface area contributed by atoms with Crippen molar-refractivity contribution in [2.75, 3.05) is 19.5 Å². The SMILES string of the molecule is COC(=O)c1ccc(Oc2ccccc2NC(=O)c2cc(C(F)(F)F)ccc2F)cc1C(=O)OC. The number of hydrogen-bond acceptors (Lipinski definition) is 6. The van der Waals surface area contributed by atoms with E-state index in [0.717, 1.165) is 14.2 Å². The number of nitrogens with one attached hydrogen (secondary N) is 1. The molecule has 7 nitrogen and oxygen atoms in total. The van der Waals surface area contributed by atoms with E-state index in [1.807, 2.05) is 0 Å². The van der Waals surface area contributed by atoms with Crippen molar-refractivity contribution >= 4 is 23.5 Å². The molecular weight excluding hydrogens is 474 g/mol. The Hall–Kier alpha value is -4.41. The molecule has 0 aromatic heterocycles. The molecule has 0 heterocycles. The predicted octanol–water partition coefficient (Wildman–Crippen LogP) is 5.46. The number of methoxy groups -OCH3 is 2. The molecule has 3 rings (SSSR count). The zero-order valence-electron chi connectivity index (χ0n) is 18.2. The van der Waals surface area contributed by atoms with E-state index >= 15 is 0 Å². The number of para-hydroxylation sites is 2. The van der Waals surface area contributed by atoms with Gasteiger partial charge in [-0.1, -0.05) is 12.1 Å². The minimum Gasteiger partial charge on any atom is -0.465 e. The first-order valence-electron chi connectivity index (χ1n) is 9.80. The van der Waals surface area contributed by atoms with Crippen LogP contribution in [0.4, 0.5) is 23.2 Å². The number of halogens is 4. The Morgan fingerprint density at radius 3 is 2.11 bits per heavy atom. The van der Waals surface area contributed by atoms with Crippen molar-refractivity contribution < 1.29 is 46.2 Å². The van der Waals surface area contributed by atoms with E-state index in [-0.39, 0.29) is 28.3 Å². The Bertz CT molecular complexity index is 1290. The molecule has 0 aliphatic heterocycles. The van der Waals surface area contributed by atoms with Crippen LogP contribution in [0, 0.1) is 5.82 Å². The topological polar surface area (TPSA) is 90.9 Å². The van der Waals surface area contributed by atoms with Crippen LogP contribution in [0.1, 0.15) is 36.6 Å². The van der Waals surface area contributed by atoms with Crippen molar-refractivity contribution in [1.82, 2.24) is 0 Å². The largest absolute Gasteiger partial charge is 0.465 e. The third-order valence-electron chi connectivity index (χ3n) is 4.70. The van der Waals surface area contributed by atoms with Gasteiger partial charge in [0.1, 0.15) is 11.6 Å². The van der Waals surface area contributed by atoms with E-state index in [1.54, 1.807) is 6.07 Å². The van der Waals surface area contributed by atoms with Crippen molar-refractivity contribution in [3.05, 3.63) is 88.7 Å². The highest BCUT2D eigenvalue weighted by Gasteiger charge is 2.32. The van der Waals surface area contributed by atoms with Crippen LogP contribution in [0.2, 0.25) is 0 Å². The van der Waals surface area contributed by atoms with Gasteiger partial charge in [-0.2, -0.15) is 13.2 Å². The van der Waals surface area contributed by atoms with Crippen LogP contribution in [0.3, 0.4) is 0 Å². The number of esters is 2. The summed E-state index contributed by atoms with van der Waals surface area (Å²) in [5, 5.41) is 2.32. The lowest BCUT2D eigenvalue weighted by Crippen LogP contribution is -2.16. The molecule has 0 aliphatic carbocycles. The van der Waals surface area contributed by atoms with Crippen LogP contribution in [-0.2, 0) is 15.7 Å². The maximum Gasteiger partial charge on any atom is 0.416 e. The molecular formula is C24H17F4NO6. The highest BCUT2D eigenvalue weighted by atomic mass is 19.4. The average Bonchev–Trinajstić information content (AvgIpc) is 2.83. The van der Waals surface area contributed by atoms with E-state index < -0.39 is 41.0 Å². The fourth-order valence-corrected chi connectivity index (χ4v) is 3.00. The number of carbonyl (C=O) groups is 3. The predicted molar refractivity (Wildman–Crippen MR) is 115 cm³/mol. The summed E-state index contributed by atoms with van der Waals surface area (Å²) < 4.78 is 68.1. The molecule has 35 heavy (non-hydrogen) atoms. The van der Waals surface area contributed by atoms with E-state index in [4.69, 9.17) is 4.74 Å². The second-order valence-corrected chi connectivity index (χ2v) is 6.94. The Morgan fingerprint density at radius 1 is 0.800 bits per heavy atom. The van der Waals surface area contributed by atoms with Gasteiger partial charge in [-0.25, -0.2) is 14.0 Å². The number of ether oxygens (including phenoxy) is 3. The molecule has 0 fully saturated rings. The second kappa shape index (κ2) is 10.2. The number of benzene rings is 3. The van der Waals surface area contributed by atoms with Crippen molar-refractivity contribution in [3.63, 3.8) is 0 Å². The Balaban J connectivity index is 1.92. The van der Waals surface area contributed by atoms with Gasteiger partial charge in [0.25, 0.3) is 5.91 Å². The quantitative estimate of drug-likeness (QED) is 0.364. The molecule has 0 bridgehead atoms. The summed E-state index contributed by atoms with van der Waals surface area (Å²) in [5.41, 5.74) is -2.22. The fraction of sp³-hybridized carbons (Fsp3) is 0.125. The van der Waals surface area contributed by atoms with Crippen molar-refractivity contribution in [1.29, 1.82) is 0 Å². The third kappa shape index (κ3) is 5.75. The van der Waals surface area contributed by atoms with Gasteiger partial charge in [-0.05, 0) is 48.5 Å². The van der Waals surface area contributed by atoms with Gasteiger partial charge >= 0.3 is 18.1 Å². The lowest BCUT2D eigenvalue weighted by molar-refractivity contribution is -0.137. The van der Waals surface area contributed by atoms with Gasteiger partial charge in [0.05, 0.1) is 42.2 Å². The minimum absolute atomic E-state index is 0.00553. The Kier molecular flexibility index (Phi) is 7.38. The normalized spacial score (nSPS) is 10.9. The van der Waals surface area contributed by atoms with Crippen LogP contribution >= 0.6 is 0 Å². The monoisotopic (exact) mass is 491 g/mol. The molecule has 0 spiro atoms. The number of amides is 1. The summed E-state index contributed by atoms with van der Waals surface area (Å²) in [6.07, 6.45) is -4.77. The van der Waals surface area contributed by atoms with E-state index in [9.17, 15) is 31.9 Å². The molecule has 1 N–H and O–H groups in total. The number of carbonyl (C=O) groups excluding carboxylic acids is 3. The third-order valence-corrected chi connectivity index (χ3v) is 4.70. The van der Waals surface area contributed by atoms with Gasteiger partial charge in [0.15, 0.2) is 5.75 Å². The van der Waals surface area contributed by atoms with E-state index in [2.05, 4.69) is 14.8 Å². The smallest absolute Gasteiger partial charge is 0.416 e. The summed E-state index contributed by atoms with van der Waals surface area (Å²) in [6.45, 7) is 0. The number of hydrogen-bond donors (Lipinski definition) is 1. The van der Waals surface area contributed by atoms with Crippen LogP contribution in [0.5, 0.6) is 11.5 Å². The first kappa shape index (κ1) is 25.2. The fourth-order valence-electron chi connectivity index (χ4n) is 3.00. The van der Waals surface area contributed by atoms with Gasteiger partial charge in [0, 0.05) is 0 Å². The maximum atomic E-state index is 14.1. The summed E-state index contributed by atoms with van der Waals surface area (Å²) in [4.78, 5) is 36.6. The molecule has 0 radical (unpaired) electrons. The molecule has 0 saturated heterocycles. The molecule has 0 atom stereocenters. The van der Waals surface area contributed by atoms with Gasteiger partial charge in [0.2, 0.25) is 0 Å². The average molecular weight is 491 g/mol. The van der Waals surface area contributed by atoms with Crippen LogP contribution in [0.15, 0.2) is 60.7 Å². The number of anilines is 1. The Labute approximate surface area is 196 Å². The second-order valence-electron chi connectivity index (χ2n) is 6.94. The lowest BCUT2D eigenvalue weighted by atomic mass is 10.1. The van der Waals surface area contributed by atoms with Crippen LogP contribution in [0.25, 0.3) is 0 Å². The Morgan fingerprint density at radius 2 is 1.46 bits per heavy atom. The highest BCUT2D eigenvalue weighted by molar-refractivity contribution is 6.05. The molecule has 1 amide bonds. The van der Waals surface area contributed by atoms with Gasteiger partial charge in [-0.15, -0.1) is 0 Å². The van der Waals surface area contributed by atoms with Crippen LogP contribution in [-0.4, -0.2) is 32.1 Å².